The third-order valence-electron chi connectivity index (χ3n) is 4.35. The number of aromatic nitrogens is 2. The molecule has 0 radical (unpaired) electrons. The lowest BCUT2D eigenvalue weighted by molar-refractivity contribution is 0.313. The summed E-state index contributed by atoms with van der Waals surface area (Å²) in [5, 5.41) is 8.10. The van der Waals surface area contributed by atoms with Crippen molar-refractivity contribution < 1.29 is 9.13 Å². The first kappa shape index (κ1) is 17.2. The number of halogens is 2. The first-order valence-corrected chi connectivity index (χ1v) is 8.57. The van der Waals surface area contributed by atoms with E-state index in [1.165, 1.54) is 24.4 Å². The molecule has 6 nitrogen and oxygen atoms in total. The zero-order valence-corrected chi connectivity index (χ0v) is 14.9. The second-order valence-electron chi connectivity index (χ2n) is 5.93. The van der Waals surface area contributed by atoms with Gasteiger partial charge in [0.25, 0.3) is 0 Å². The standard InChI is InChI=1S/C19H15ClFN5O/c20-11-1-2-14(21)12(7-11)15-8-17-18(10-25-15)27-6-5-26(17)16-3-4-24-19(23)13(16)9-22/h1-4,7-10,22H,5-6H2,(H2,23,24). The number of nitrogens with one attached hydrogen (secondary N) is 1. The summed E-state index contributed by atoms with van der Waals surface area (Å²) in [6.07, 6.45) is 4.32. The van der Waals surface area contributed by atoms with Gasteiger partial charge in [-0.2, -0.15) is 0 Å². The fourth-order valence-electron chi connectivity index (χ4n) is 3.07. The SMILES string of the molecule is N=Cc1c(N2CCOc3cnc(-c4cc(Cl)ccc4F)cc32)ccnc1N. The van der Waals surface area contributed by atoms with Crippen molar-refractivity contribution in [2.75, 3.05) is 23.8 Å². The molecule has 8 heteroatoms. The smallest absolute Gasteiger partial charge is 0.161 e. The normalized spacial score (nSPS) is 13.0. The molecule has 0 atom stereocenters. The fourth-order valence-corrected chi connectivity index (χ4v) is 3.25. The number of nitrogens with zero attached hydrogens (tertiary/aromatic N) is 3. The molecule has 0 amide bonds. The Balaban J connectivity index is 1.87. The number of hydrogen-bond acceptors (Lipinski definition) is 6. The van der Waals surface area contributed by atoms with E-state index in [4.69, 9.17) is 27.5 Å². The van der Waals surface area contributed by atoms with Crippen molar-refractivity contribution in [2.45, 2.75) is 0 Å². The minimum atomic E-state index is -0.413. The lowest BCUT2D eigenvalue weighted by Gasteiger charge is -2.32. The highest BCUT2D eigenvalue weighted by atomic mass is 35.5. The Labute approximate surface area is 159 Å². The average Bonchev–Trinajstić information content (AvgIpc) is 2.69. The van der Waals surface area contributed by atoms with Crippen LogP contribution in [0.1, 0.15) is 5.56 Å². The molecule has 0 unspecified atom stereocenters. The number of nitrogen functional groups attached to an aromatic ring is 1. The fraction of sp³-hybridized carbons (Fsp3) is 0.105. The van der Waals surface area contributed by atoms with E-state index in [-0.39, 0.29) is 5.82 Å². The van der Waals surface area contributed by atoms with Gasteiger partial charge in [-0.1, -0.05) is 11.6 Å². The van der Waals surface area contributed by atoms with Gasteiger partial charge in [0, 0.05) is 23.0 Å². The van der Waals surface area contributed by atoms with Crippen molar-refractivity contribution in [2.24, 2.45) is 0 Å². The molecule has 0 aliphatic carbocycles. The zero-order valence-electron chi connectivity index (χ0n) is 14.1. The summed E-state index contributed by atoms with van der Waals surface area (Å²) in [7, 11) is 0. The van der Waals surface area contributed by atoms with Crippen LogP contribution in [0.2, 0.25) is 5.02 Å². The first-order valence-electron chi connectivity index (χ1n) is 8.19. The van der Waals surface area contributed by atoms with E-state index in [2.05, 4.69) is 9.97 Å². The van der Waals surface area contributed by atoms with E-state index in [1.807, 2.05) is 4.90 Å². The van der Waals surface area contributed by atoms with Gasteiger partial charge in [-0.3, -0.25) is 4.98 Å². The Morgan fingerprint density at radius 1 is 1.22 bits per heavy atom. The lowest BCUT2D eigenvalue weighted by Crippen LogP contribution is -2.29. The molecule has 0 saturated heterocycles. The van der Waals surface area contributed by atoms with Crippen LogP contribution in [0, 0.1) is 11.2 Å². The zero-order chi connectivity index (χ0) is 19.0. The molecule has 1 aliphatic rings. The van der Waals surface area contributed by atoms with Crippen molar-refractivity contribution in [3.63, 3.8) is 0 Å². The number of rotatable bonds is 3. The van der Waals surface area contributed by atoms with E-state index >= 15 is 0 Å². The highest BCUT2D eigenvalue weighted by Gasteiger charge is 2.24. The molecule has 0 bridgehead atoms. The van der Waals surface area contributed by atoms with Gasteiger partial charge in [0.05, 0.1) is 35.4 Å². The molecule has 0 spiro atoms. The largest absolute Gasteiger partial charge is 0.488 e. The Hall–Kier alpha value is -3.19. The minimum Gasteiger partial charge on any atom is -0.488 e. The summed E-state index contributed by atoms with van der Waals surface area (Å²) < 4.78 is 20.0. The van der Waals surface area contributed by atoms with E-state index in [9.17, 15) is 4.39 Å². The molecule has 4 rings (SSSR count). The summed E-state index contributed by atoms with van der Waals surface area (Å²) in [4.78, 5) is 10.3. The number of nitrogens with two attached hydrogens (primary N) is 1. The monoisotopic (exact) mass is 383 g/mol. The minimum absolute atomic E-state index is 0.269. The van der Waals surface area contributed by atoms with Crippen molar-refractivity contribution in [3.05, 3.63) is 59.1 Å². The van der Waals surface area contributed by atoms with Gasteiger partial charge >= 0.3 is 0 Å². The molecular formula is C19H15ClFN5O. The molecule has 3 N–H and O–H groups in total. The summed E-state index contributed by atoms with van der Waals surface area (Å²) in [5.74, 6) is 0.424. The first-order chi connectivity index (χ1) is 13.1. The summed E-state index contributed by atoms with van der Waals surface area (Å²) in [6, 6.07) is 7.86. The van der Waals surface area contributed by atoms with Gasteiger partial charge in [-0.05, 0) is 30.3 Å². The van der Waals surface area contributed by atoms with Gasteiger partial charge in [-0.25, -0.2) is 9.37 Å². The summed E-state index contributed by atoms with van der Waals surface area (Å²) in [6.45, 7) is 0.984. The van der Waals surface area contributed by atoms with Crippen molar-refractivity contribution in [1.82, 2.24) is 9.97 Å². The molecule has 1 aromatic carbocycles. The molecule has 136 valence electrons. The number of ether oxygens (including phenoxy) is 1. The van der Waals surface area contributed by atoms with Crippen molar-refractivity contribution in [3.8, 4) is 17.0 Å². The second-order valence-corrected chi connectivity index (χ2v) is 6.37. The van der Waals surface area contributed by atoms with Gasteiger partial charge in [-0.15, -0.1) is 0 Å². The maximum absolute atomic E-state index is 14.3. The van der Waals surface area contributed by atoms with E-state index in [0.717, 1.165) is 5.69 Å². The molecule has 3 aromatic rings. The quantitative estimate of drug-likeness (QED) is 0.666. The number of hydrogen-bond donors (Lipinski definition) is 2. The summed E-state index contributed by atoms with van der Waals surface area (Å²) in [5.41, 5.74) is 8.60. The molecular weight excluding hydrogens is 369 g/mol. The Morgan fingerprint density at radius 2 is 2.07 bits per heavy atom. The third kappa shape index (κ3) is 3.06. The maximum atomic E-state index is 14.3. The Morgan fingerprint density at radius 3 is 2.89 bits per heavy atom. The maximum Gasteiger partial charge on any atom is 0.161 e. The molecule has 0 fully saturated rings. The Bertz CT molecular complexity index is 1040. The average molecular weight is 384 g/mol. The Kier molecular flexibility index (Phi) is 4.37. The molecule has 3 heterocycles. The topological polar surface area (TPSA) is 88.1 Å². The number of benzene rings is 1. The predicted octanol–water partition coefficient (Wildman–Crippen LogP) is 4.05. The molecule has 1 aliphatic heterocycles. The van der Waals surface area contributed by atoms with Crippen LogP contribution < -0.4 is 15.4 Å². The highest BCUT2D eigenvalue weighted by Crippen LogP contribution is 2.40. The summed E-state index contributed by atoms with van der Waals surface area (Å²) >= 11 is 6.02. The second kappa shape index (κ2) is 6.85. The van der Waals surface area contributed by atoms with Crippen molar-refractivity contribution >= 4 is 35.0 Å². The van der Waals surface area contributed by atoms with Crippen LogP contribution in [0.15, 0.2) is 42.7 Å². The number of anilines is 3. The van der Waals surface area contributed by atoms with Crippen LogP contribution >= 0.6 is 11.6 Å². The van der Waals surface area contributed by atoms with Crippen LogP contribution in [-0.2, 0) is 0 Å². The van der Waals surface area contributed by atoms with Gasteiger partial charge in [0.2, 0.25) is 0 Å². The van der Waals surface area contributed by atoms with Crippen LogP contribution in [0.25, 0.3) is 11.3 Å². The van der Waals surface area contributed by atoms with Crippen LogP contribution in [0.5, 0.6) is 5.75 Å². The third-order valence-corrected chi connectivity index (χ3v) is 4.58. The highest BCUT2D eigenvalue weighted by molar-refractivity contribution is 6.30. The number of pyridine rings is 2. The van der Waals surface area contributed by atoms with Crippen molar-refractivity contribution in [1.29, 1.82) is 5.41 Å². The van der Waals surface area contributed by atoms with Crippen LogP contribution in [0.4, 0.5) is 21.6 Å². The van der Waals surface area contributed by atoms with E-state index < -0.39 is 5.82 Å². The van der Waals surface area contributed by atoms with Crippen LogP contribution in [-0.4, -0.2) is 29.3 Å². The van der Waals surface area contributed by atoms with Gasteiger partial charge in [0.1, 0.15) is 18.2 Å². The van der Waals surface area contributed by atoms with Crippen LogP contribution in [0.3, 0.4) is 0 Å². The molecule has 0 saturated carbocycles. The van der Waals surface area contributed by atoms with E-state index in [0.29, 0.717) is 46.4 Å². The molecule has 2 aromatic heterocycles. The van der Waals surface area contributed by atoms with Gasteiger partial charge in [0.15, 0.2) is 5.75 Å². The number of fused-ring (bicyclic) bond motifs is 1. The predicted molar refractivity (Wildman–Crippen MR) is 104 cm³/mol. The molecule has 27 heavy (non-hydrogen) atoms. The lowest BCUT2D eigenvalue weighted by atomic mass is 10.1. The van der Waals surface area contributed by atoms with Gasteiger partial charge < -0.3 is 20.8 Å². The van der Waals surface area contributed by atoms with E-state index in [1.54, 1.807) is 24.5 Å².